The first-order valence-corrected chi connectivity index (χ1v) is 11.2. The highest BCUT2D eigenvalue weighted by Gasteiger charge is 2.30. The molecule has 2 aromatic carbocycles. The summed E-state index contributed by atoms with van der Waals surface area (Å²) >= 11 is 0. The van der Waals surface area contributed by atoms with Gasteiger partial charge in [0.25, 0.3) is 0 Å². The Kier molecular flexibility index (Phi) is 10.7. The SMILES string of the molecule is COc1cccc(NC(=O)C(NCC(C)(C)N2CCOCC2)c2ccccc2)c1.O=C(O)C(=O)O. The third kappa shape index (κ3) is 9.01. The van der Waals surface area contributed by atoms with Crippen LogP contribution >= 0.6 is 0 Å². The molecule has 1 unspecified atom stereocenters. The summed E-state index contributed by atoms with van der Waals surface area (Å²) in [6.45, 7) is 8.39. The van der Waals surface area contributed by atoms with Crippen LogP contribution in [-0.2, 0) is 19.1 Å². The van der Waals surface area contributed by atoms with Gasteiger partial charge in [-0.15, -0.1) is 0 Å². The number of anilines is 1. The molecule has 0 spiro atoms. The van der Waals surface area contributed by atoms with Crippen LogP contribution in [0.4, 0.5) is 5.69 Å². The van der Waals surface area contributed by atoms with Crippen molar-refractivity contribution in [2.75, 3.05) is 45.3 Å². The van der Waals surface area contributed by atoms with Crippen molar-refractivity contribution in [2.45, 2.75) is 25.4 Å². The lowest BCUT2D eigenvalue weighted by molar-refractivity contribution is -0.159. The lowest BCUT2D eigenvalue weighted by Gasteiger charge is -2.41. The molecule has 35 heavy (non-hydrogen) atoms. The standard InChI is InChI=1S/C23H31N3O3.C2H2O4/c1-23(2,26-12-14-29-15-13-26)17-24-21(18-8-5-4-6-9-18)22(27)25-19-10-7-11-20(16-19)28-3;3-1(4)2(5)6/h4-11,16,21,24H,12-15,17H2,1-3H3,(H,25,27);(H,3,4)(H,5,6). The van der Waals surface area contributed by atoms with Crippen molar-refractivity contribution in [1.82, 2.24) is 10.2 Å². The number of carboxylic acids is 2. The Morgan fingerprint density at radius 3 is 2.23 bits per heavy atom. The van der Waals surface area contributed by atoms with Gasteiger partial charge in [-0.25, -0.2) is 9.59 Å². The smallest absolute Gasteiger partial charge is 0.414 e. The molecule has 1 saturated heterocycles. The Bertz CT molecular complexity index is 964. The maximum Gasteiger partial charge on any atom is 0.414 e. The molecule has 3 rings (SSSR count). The molecule has 2 aromatic rings. The van der Waals surface area contributed by atoms with Crippen molar-refractivity contribution in [3.05, 3.63) is 60.2 Å². The number of methoxy groups -OCH3 is 1. The van der Waals surface area contributed by atoms with Crippen LogP contribution in [0.2, 0.25) is 0 Å². The second-order valence-corrected chi connectivity index (χ2v) is 8.47. The average Bonchev–Trinajstić information content (AvgIpc) is 2.85. The second kappa shape index (κ2) is 13.4. The number of nitrogens with one attached hydrogen (secondary N) is 2. The molecule has 190 valence electrons. The zero-order chi connectivity index (χ0) is 25.8. The fourth-order valence-corrected chi connectivity index (χ4v) is 3.55. The van der Waals surface area contributed by atoms with Gasteiger partial charge >= 0.3 is 11.9 Å². The number of hydrogen-bond donors (Lipinski definition) is 4. The number of rotatable bonds is 8. The van der Waals surface area contributed by atoms with E-state index in [1.54, 1.807) is 7.11 Å². The van der Waals surface area contributed by atoms with Gasteiger partial charge in [0.05, 0.1) is 20.3 Å². The molecule has 0 saturated carbocycles. The van der Waals surface area contributed by atoms with E-state index in [0.717, 1.165) is 31.9 Å². The molecule has 1 fully saturated rings. The highest BCUT2D eigenvalue weighted by atomic mass is 16.5. The molecule has 4 N–H and O–H groups in total. The number of carboxylic acid groups (broad SMARTS) is 2. The Morgan fingerprint density at radius 1 is 1.03 bits per heavy atom. The first-order chi connectivity index (χ1) is 16.6. The Morgan fingerprint density at radius 2 is 1.66 bits per heavy atom. The molecule has 1 aliphatic rings. The molecule has 0 aromatic heterocycles. The van der Waals surface area contributed by atoms with Crippen LogP contribution in [0.15, 0.2) is 54.6 Å². The number of ether oxygens (including phenoxy) is 2. The second-order valence-electron chi connectivity index (χ2n) is 8.47. The van der Waals surface area contributed by atoms with Gasteiger partial charge in [-0.1, -0.05) is 36.4 Å². The maximum atomic E-state index is 13.2. The van der Waals surface area contributed by atoms with E-state index < -0.39 is 18.0 Å². The van der Waals surface area contributed by atoms with Crippen LogP contribution in [0, 0.1) is 0 Å². The van der Waals surface area contributed by atoms with Crippen molar-refractivity contribution in [3.63, 3.8) is 0 Å². The van der Waals surface area contributed by atoms with E-state index in [1.807, 2.05) is 54.6 Å². The lowest BCUT2D eigenvalue weighted by atomic mass is 9.99. The zero-order valence-electron chi connectivity index (χ0n) is 20.2. The topological polar surface area (TPSA) is 137 Å². The molecule has 0 aliphatic carbocycles. The number of morpholine rings is 1. The molecular formula is C25H33N3O7. The van der Waals surface area contributed by atoms with Crippen LogP contribution in [0.3, 0.4) is 0 Å². The average molecular weight is 488 g/mol. The summed E-state index contributed by atoms with van der Waals surface area (Å²) in [5.41, 5.74) is 1.56. The molecule has 1 atom stereocenters. The number of nitrogens with zero attached hydrogens (tertiary/aromatic N) is 1. The highest BCUT2D eigenvalue weighted by Crippen LogP contribution is 2.22. The summed E-state index contributed by atoms with van der Waals surface area (Å²) in [4.78, 5) is 33.8. The summed E-state index contributed by atoms with van der Waals surface area (Å²) < 4.78 is 10.7. The fraction of sp³-hybridized carbons (Fsp3) is 0.400. The van der Waals surface area contributed by atoms with Crippen molar-refractivity contribution in [2.24, 2.45) is 0 Å². The molecule has 1 heterocycles. The van der Waals surface area contributed by atoms with Crippen molar-refractivity contribution in [1.29, 1.82) is 0 Å². The summed E-state index contributed by atoms with van der Waals surface area (Å²) in [5.74, 6) is -3.03. The van der Waals surface area contributed by atoms with Crippen molar-refractivity contribution >= 4 is 23.5 Å². The van der Waals surface area contributed by atoms with E-state index in [-0.39, 0.29) is 11.4 Å². The molecular weight excluding hydrogens is 454 g/mol. The zero-order valence-corrected chi connectivity index (χ0v) is 20.2. The third-order valence-corrected chi connectivity index (χ3v) is 5.52. The van der Waals surface area contributed by atoms with E-state index in [9.17, 15) is 4.79 Å². The van der Waals surface area contributed by atoms with Crippen LogP contribution in [0.1, 0.15) is 25.5 Å². The van der Waals surface area contributed by atoms with E-state index in [0.29, 0.717) is 18.0 Å². The Labute approximate surface area is 204 Å². The summed E-state index contributed by atoms with van der Waals surface area (Å²) in [6.07, 6.45) is 0. The van der Waals surface area contributed by atoms with Crippen LogP contribution in [-0.4, -0.2) is 78.5 Å². The van der Waals surface area contributed by atoms with Gasteiger partial charge in [-0.3, -0.25) is 9.69 Å². The van der Waals surface area contributed by atoms with E-state index in [2.05, 4.69) is 29.4 Å². The van der Waals surface area contributed by atoms with Crippen LogP contribution in [0.25, 0.3) is 0 Å². The molecule has 0 bridgehead atoms. The lowest BCUT2D eigenvalue weighted by Crippen LogP contribution is -2.55. The largest absolute Gasteiger partial charge is 0.497 e. The molecule has 0 radical (unpaired) electrons. The van der Waals surface area contributed by atoms with Gasteiger partial charge < -0.3 is 30.3 Å². The molecule has 1 amide bonds. The van der Waals surface area contributed by atoms with E-state index in [1.165, 1.54) is 0 Å². The van der Waals surface area contributed by atoms with Gasteiger partial charge in [-0.05, 0) is 31.5 Å². The minimum atomic E-state index is -1.82. The van der Waals surface area contributed by atoms with Gasteiger partial charge in [0.2, 0.25) is 5.91 Å². The Hall–Kier alpha value is -3.47. The third-order valence-electron chi connectivity index (χ3n) is 5.52. The maximum absolute atomic E-state index is 13.2. The van der Waals surface area contributed by atoms with Gasteiger partial charge in [0.15, 0.2) is 0 Å². The fourth-order valence-electron chi connectivity index (χ4n) is 3.55. The number of amides is 1. The van der Waals surface area contributed by atoms with Gasteiger partial charge in [-0.2, -0.15) is 0 Å². The minimum Gasteiger partial charge on any atom is -0.497 e. The number of carbonyl (C=O) groups excluding carboxylic acids is 1. The molecule has 10 nitrogen and oxygen atoms in total. The number of benzene rings is 2. The number of carbonyl (C=O) groups is 3. The van der Waals surface area contributed by atoms with E-state index >= 15 is 0 Å². The summed E-state index contributed by atoms with van der Waals surface area (Å²) in [5, 5.41) is 21.3. The van der Waals surface area contributed by atoms with Gasteiger partial charge in [0.1, 0.15) is 11.8 Å². The summed E-state index contributed by atoms with van der Waals surface area (Å²) in [6, 6.07) is 16.8. The predicted octanol–water partition coefficient (Wildman–Crippen LogP) is 2.23. The van der Waals surface area contributed by atoms with Crippen molar-refractivity contribution < 1.29 is 34.1 Å². The number of aliphatic carboxylic acids is 2. The Balaban J connectivity index is 0.000000641. The van der Waals surface area contributed by atoms with E-state index in [4.69, 9.17) is 29.3 Å². The van der Waals surface area contributed by atoms with Crippen LogP contribution < -0.4 is 15.4 Å². The molecule has 1 aliphatic heterocycles. The number of hydrogen-bond acceptors (Lipinski definition) is 7. The highest BCUT2D eigenvalue weighted by molar-refractivity contribution is 6.27. The monoisotopic (exact) mass is 487 g/mol. The minimum absolute atomic E-state index is 0.0902. The quantitative estimate of drug-likeness (QED) is 0.413. The predicted molar refractivity (Wildman–Crippen MR) is 131 cm³/mol. The first kappa shape index (κ1) is 27.8. The van der Waals surface area contributed by atoms with Crippen LogP contribution in [0.5, 0.6) is 5.75 Å². The normalized spacial score (nSPS) is 14.7. The van der Waals surface area contributed by atoms with Crippen molar-refractivity contribution in [3.8, 4) is 5.75 Å². The van der Waals surface area contributed by atoms with Gasteiger partial charge in [0, 0.05) is 36.9 Å². The first-order valence-electron chi connectivity index (χ1n) is 11.2. The molecule has 10 heteroatoms. The summed E-state index contributed by atoms with van der Waals surface area (Å²) in [7, 11) is 1.61.